The van der Waals surface area contributed by atoms with Gasteiger partial charge in [-0.1, -0.05) is 0 Å². The number of ether oxygens (including phenoxy) is 3. The number of methoxy groups -OCH3 is 1. The van der Waals surface area contributed by atoms with Crippen LogP contribution in [0.1, 0.15) is 43.0 Å². The molecule has 2 unspecified atom stereocenters. The first-order chi connectivity index (χ1) is 12.0. The molecule has 0 bridgehead atoms. The molecule has 1 aromatic carbocycles. The monoisotopic (exact) mass is 345 g/mol. The van der Waals surface area contributed by atoms with E-state index in [-0.39, 0.29) is 5.76 Å². The molecule has 1 aliphatic heterocycles. The van der Waals surface area contributed by atoms with Crippen LogP contribution in [0.4, 0.5) is 5.69 Å². The number of carbonyl (C=O) groups is 1. The quantitative estimate of drug-likeness (QED) is 0.831. The summed E-state index contributed by atoms with van der Waals surface area (Å²) < 4.78 is 22.6. The van der Waals surface area contributed by atoms with Gasteiger partial charge in [-0.25, -0.2) is 4.79 Å². The zero-order valence-corrected chi connectivity index (χ0v) is 14.9. The van der Waals surface area contributed by atoms with Gasteiger partial charge in [-0.05, 0) is 51.1 Å². The van der Waals surface area contributed by atoms with E-state index in [9.17, 15) is 4.79 Å². The molecule has 1 aliphatic rings. The normalized spacial score (nSPS) is 21.1. The second kappa shape index (κ2) is 6.80. The van der Waals surface area contributed by atoms with Gasteiger partial charge in [0.15, 0.2) is 6.10 Å². The van der Waals surface area contributed by atoms with Crippen LogP contribution in [0, 0.1) is 0 Å². The minimum atomic E-state index is -0.754. The van der Waals surface area contributed by atoms with Crippen molar-refractivity contribution in [3.63, 3.8) is 0 Å². The van der Waals surface area contributed by atoms with Crippen molar-refractivity contribution in [2.75, 3.05) is 19.0 Å². The number of carbonyl (C=O) groups excluding carboxylic acids is 1. The number of anilines is 1. The highest BCUT2D eigenvalue weighted by Gasteiger charge is 2.47. The van der Waals surface area contributed by atoms with Crippen molar-refractivity contribution < 1.29 is 23.4 Å². The maximum absolute atomic E-state index is 12.4. The summed E-state index contributed by atoms with van der Waals surface area (Å²) in [5, 5.41) is 3.27. The summed E-state index contributed by atoms with van der Waals surface area (Å²) >= 11 is 0. The summed E-state index contributed by atoms with van der Waals surface area (Å²) in [6.45, 7) is 6.58. The summed E-state index contributed by atoms with van der Waals surface area (Å²) in [7, 11) is 1.60. The van der Waals surface area contributed by atoms with Crippen molar-refractivity contribution in [3.8, 4) is 5.75 Å². The Bertz CT molecular complexity index is 738. The van der Waals surface area contributed by atoms with Crippen molar-refractivity contribution in [1.29, 1.82) is 0 Å². The molecule has 1 aromatic heterocycles. The lowest BCUT2D eigenvalue weighted by molar-refractivity contribution is -0.130. The number of furan rings is 1. The van der Waals surface area contributed by atoms with E-state index in [2.05, 4.69) is 5.32 Å². The Labute approximate surface area is 147 Å². The Hall–Kier alpha value is -2.47. The minimum absolute atomic E-state index is 0.151. The number of rotatable bonds is 5. The van der Waals surface area contributed by atoms with Gasteiger partial charge in [-0.2, -0.15) is 0 Å². The first-order valence-corrected chi connectivity index (χ1v) is 8.30. The fourth-order valence-corrected chi connectivity index (χ4v) is 3.07. The highest BCUT2D eigenvalue weighted by atomic mass is 16.6. The van der Waals surface area contributed by atoms with Gasteiger partial charge in [-0.15, -0.1) is 0 Å². The lowest BCUT2D eigenvalue weighted by Gasteiger charge is -2.43. The van der Waals surface area contributed by atoms with E-state index in [1.54, 1.807) is 19.2 Å². The van der Waals surface area contributed by atoms with Crippen LogP contribution in [0.25, 0.3) is 0 Å². The SMILES string of the molecule is CCNc1ccc2c(c1)C(OC)C(OC(=O)c1ccco1)C(C)(C)O2. The van der Waals surface area contributed by atoms with E-state index >= 15 is 0 Å². The van der Waals surface area contributed by atoms with E-state index in [0.717, 1.165) is 23.5 Å². The predicted molar refractivity (Wildman–Crippen MR) is 93.0 cm³/mol. The highest BCUT2D eigenvalue weighted by Crippen LogP contribution is 2.44. The molecule has 0 saturated carbocycles. The van der Waals surface area contributed by atoms with Crippen LogP contribution in [0.15, 0.2) is 41.0 Å². The van der Waals surface area contributed by atoms with Crippen LogP contribution in [0.3, 0.4) is 0 Å². The highest BCUT2D eigenvalue weighted by molar-refractivity contribution is 5.86. The Morgan fingerprint density at radius 3 is 2.76 bits per heavy atom. The smallest absolute Gasteiger partial charge is 0.374 e. The molecular formula is C19H23NO5. The van der Waals surface area contributed by atoms with Gasteiger partial charge in [0.25, 0.3) is 0 Å². The van der Waals surface area contributed by atoms with Crippen molar-refractivity contribution in [1.82, 2.24) is 0 Å². The molecule has 134 valence electrons. The van der Waals surface area contributed by atoms with E-state index in [4.69, 9.17) is 18.6 Å². The first kappa shape index (κ1) is 17.4. The maximum atomic E-state index is 12.4. The number of benzene rings is 1. The Morgan fingerprint density at radius 1 is 1.32 bits per heavy atom. The van der Waals surface area contributed by atoms with Crippen LogP contribution in [0.2, 0.25) is 0 Å². The molecule has 0 spiro atoms. The van der Waals surface area contributed by atoms with Gasteiger partial charge >= 0.3 is 5.97 Å². The Kier molecular flexibility index (Phi) is 4.72. The molecule has 0 saturated heterocycles. The van der Waals surface area contributed by atoms with Crippen LogP contribution in [-0.4, -0.2) is 31.3 Å². The third-order valence-electron chi connectivity index (χ3n) is 4.24. The standard InChI is InChI=1S/C19H23NO5/c1-5-20-12-8-9-14-13(11-12)16(22-4)17(19(2,3)25-14)24-18(21)15-7-6-10-23-15/h6-11,16-17,20H,5H2,1-4H3. The zero-order valence-electron chi connectivity index (χ0n) is 14.9. The van der Waals surface area contributed by atoms with E-state index in [0.29, 0.717) is 0 Å². The number of esters is 1. The van der Waals surface area contributed by atoms with Crippen molar-refractivity contribution in [3.05, 3.63) is 47.9 Å². The average molecular weight is 345 g/mol. The lowest BCUT2D eigenvalue weighted by atomic mass is 9.88. The maximum Gasteiger partial charge on any atom is 0.374 e. The van der Waals surface area contributed by atoms with Crippen molar-refractivity contribution >= 4 is 11.7 Å². The van der Waals surface area contributed by atoms with Crippen LogP contribution >= 0.6 is 0 Å². The molecule has 3 rings (SSSR count). The van der Waals surface area contributed by atoms with E-state index < -0.39 is 23.8 Å². The molecule has 1 N–H and O–H groups in total. The molecule has 0 aliphatic carbocycles. The van der Waals surface area contributed by atoms with E-state index in [1.165, 1.54) is 6.26 Å². The summed E-state index contributed by atoms with van der Waals surface area (Å²) in [5.41, 5.74) is 1.05. The third-order valence-corrected chi connectivity index (χ3v) is 4.24. The number of hydrogen-bond donors (Lipinski definition) is 1. The molecule has 0 fully saturated rings. The molecular weight excluding hydrogens is 322 g/mol. The molecule has 6 heteroatoms. The molecule has 25 heavy (non-hydrogen) atoms. The Morgan fingerprint density at radius 2 is 2.12 bits per heavy atom. The van der Waals surface area contributed by atoms with Crippen LogP contribution in [-0.2, 0) is 9.47 Å². The van der Waals surface area contributed by atoms with Crippen LogP contribution in [0.5, 0.6) is 5.75 Å². The van der Waals surface area contributed by atoms with Gasteiger partial charge in [0.2, 0.25) is 5.76 Å². The van der Waals surface area contributed by atoms with Gasteiger partial charge in [0.1, 0.15) is 17.5 Å². The largest absolute Gasteiger partial charge is 0.483 e. The molecule has 0 amide bonds. The van der Waals surface area contributed by atoms with E-state index in [1.807, 2.05) is 39.0 Å². The Balaban J connectivity index is 1.94. The van der Waals surface area contributed by atoms with Gasteiger partial charge in [-0.3, -0.25) is 0 Å². The van der Waals surface area contributed by atoms with Crippen LogP contribution < -0.4 is 10.1 Å². The van der Waals surface area contributed by atoms with Gasteiger partial charge in [0.05, 0.1) is 6.26 Å². The number of nitrogens with one attached hydrogen (secondary N) is 1. The summed E-state index contributed by atoms with van der Waals surface area (Å²) in [5.74, 6) is 0.335. The van der Waals surface area contributed by atoms with Crippen molar-refractivity contribution in [2.24, 2.45) is 0 Å². The fourth-order valence-electron chi connectivity index (χ4n) is 3.07. The molecule has 2 atom stereocenters. The van der Waals surface area contributed by atoms with Gasteiger partial charge in [0, 0.05) is 24.9 Å². The summed E-state index contributed by atoms with van der Waals surface area (Å²) in [4.78, 5) is 12.4. The second-order valence-electron chi connectivity index (χ2n) is 6.45. The zero-order chi connectivity index (χ0) is 18.0. The third kappa shape index (κ3) is 3.35. The molecule has 0 radical (unpaired) electrons. The van der Waals surface area contributed by atoms with Crippen molar-refractivity contribution in [2.45, 2.75) is 38.6 Å². The fraction of sp³-hybridized carbons (Fsp3) is 0.421. The molecule has 6 nitrogen and oxygen atoms in total. The second-order valence-corrected chi connectivity index (χ2v) is 6.45. The molecule has 2 aromatic rings. The topological polar surface area (TPSA) is 69.9 Å². The summed E-state index contributed by atoms with van der Waals surface area (Å²) in [6.07, 6.45) is 0.362. The minimum Gasteiger partial charge on any atom is -0.483 e. The van der Waals surface area contributed by atoms with Gasteiger partial charge < -0.3 is 23.9 Å². The summed E-state index contributed by atoms with van der Waals surface area (Å²) in [6, 6.07) is 9.05. The average Bonchev–Trinajstić information content (AvgIpc) is 3.10. The predicted octanol–water partition coefficient (Wildman–Crippen LogP) is 3.80. The lowest BCUT2D eigenvalue weighted by Crippen LogP contribution is -2.51. The first-order valence-electron chi connectivity index (χ1n) is 8.30. The number of hydrogen-bond acceptors (Lipinski definition) is 6. The molecule has 2 heterocycles. The number of fused-ring (bicyclic) bond motifs is 1.